The average molecular weight is 589 g/mol. The van der Waals surface area contributed by atoms with Crippen LogP contribution in [0, 0.1) is 25.2 Å². The Balaban J connectivity index is 1.33. The van der Waals surface area contributed by atoms with Crippen LogP contribution in [-0.2, 0) is 0 Å². The molecule has 6 rings (SSSR count). The van der Waals surface area contributed by atoms with Crippen molar-refractivity contribution in [3.8, 4) is 11.8 Å². The highest BCUT2D eigenvalue weighted by Gasteiger charge is 2.25. The summed E-state index contributed by atoms with van der Waals surface area (Å²) in [5.74, 6) is -0.253. The van der Waals surface area contributed by atoms with E-state index in [0.717, 1.165) is 27.6 Å². The van der Waals surface area contributed by atoms with Crippen LogP contribution in [0.3, 0.4) is 0 Å². The van der Waals surface area contributed by atoms with E-state index in [9.17, 15) is 25.1 Å². The fourth-order valence-electron chi connectivity index (χ4n) is 6.07. The zero-order valence-corrected chi connectivity index (χ0v) is 24.7. The maximum Gasteiger partial charge on any atom is 0.337 e. The summed E-state index contributed by atoms with van der Waals surface area (Å²) >= 11 is 0. The molecule has 3 heterocycles. The van der Waals surface area contributed by atoms with Crippen molar-refractivity contribution >= 4 is 39.6 Å². The largest absolute Gasteiger partial charge is 0.508 e. The Morgan fingerprint density at radius 1 is 1.00 bits per heavy atom. The number of carboxylic acid groups (broad SMARTS) is 1. The lowest BCUT2D eigenvalue weighted by Gasteiger charge is -2.38. The summed E-state index contributed by atoms with van der Waals surface area (Å²) in [6.45, 7) is 8.19. The van der Waals surface area contributed by atoms with Crippen LogP contribution in [-0.4, -0.2) is 51.7 Å². The number of nitrogens with zero attached hydrogens (tertiary/aromatic N) is 5. The summed E-state index contributed by atoms with van der Waals surface area (Å²) in [6, 6.07) is 19.4. The Hall–Kier alpha value is -5.56. The second-order valence-electron chi connectivity index (χ2n) is 11.2. The number of anilines is 3. The van der Waals surface area contributed by atoms with Crippen LogP contribution >= 0.6 is 0 Å². The number of aromatic hydroxyl groups is 1. The van der Waals surface area contributed by atoms with Gasteiger partial charge in [0, 0.05) is 60.1 Å². The summed E-state index contributed by atoms with van der Waals surface area (Å²) < 4.78 is 1.58. The summed E-state index contributed by atoms with van der Waals surface area (Å²) in [7, 11) is 0. The van der Waals surface area contributed by atoms with Gasteiger partial charge >= 0.3 is 5.97 Å². The van der Waals surface area contributed by atoms with Crippen LogP contribution in [0.1, 0.15) is 45.6 Å². The Bertz CT molecular complexity index is 2040. The molecule has 1 atom stereocenters. The van der Waals surface area contributed by atoms with E-state index in [1.165, 1.54) is 0 Å². The lowest BCUT2D eigenvalue weighted by atomic mass is 10.0. The van der Waals surface area contributed by atoms with Crippen LogP contribution in [0.25, 0.3) is 16.4 Å². The molecule has 10 heteroatoms. The summed E-state index contributed by atoms with van der Waals surface area (Å²) in [4.78, 5) is 34.9. The van der Waals surface area contributed by atoms with Gasteiger partial charge in [0.05, 0.1) is 28.8 Å². The van der Waals surface area contributed by atoms with Gasteiger partial charge in [-0.05, 0) is 74.9 Å². The molecule has 44 heavy (non-hydrogen) atoms. The highest BCUT2D eigenvalue weighted by molar-refractivity contribution is 5.99. The monoisotopic (exact) mass is 588 g/mol. The number of aromatic nitrogens is 2. The number of para-hydroxylation sites is 1. The number of aromatic carboxylic acids is 1. The number of nitriles is 1. The number of phenols is 1. The fourth-order valence-corrected chi connectivity index (χ4v) is 6.07. The second kappa shape index (κ2) is 11.3. The number of aryl methyl sites for hydroxylation is 1. The normalized spacial score (nSPS) is 14.0. The average Bonchev–Trinajstić information content (AvgIpc) is 3.02. The first kappa shape index (κ1) is 28.6. The third-order valence-electron chi connectivity index (χ3n) is 8.30. The van der Waals surface area contributed by atoms with Crippen molar-refractivity contribution in [2.24, 2.45) is 0 Å². The van der Waals surface area contributed by atoms with Crippen molar-refractivity contribution in [2.75, 3.05) is 41.3 Å². The molecule has 0 radical (unpaired) electrons. The zero-order valence-electron chi connectivity index (χ0n) is 24.7. The molecule has 0 unspecified atom stereocenters. The maximum absolute atomic E-state index is 13.7. The number of pyridine rings is 1. The van der Waals surface area contributed by atoms with E-state index in [2.05, 4.69) is 21.2 Å². The second-order valence-corrected chi connectivity index (χ2v) is 11.2. The molecular weight excluding hydrogens is 556 g/mol. The number of hydrogen-bond donors (Lipinski definition) is 3. The predicted octanol–water partition coefficient (Wildman–Crippen LogP) is 5.24. The molecule has 222 valence electrons. The molecule has 1 saturated heterocycles. The van der Waals surface area contributed by atoms with E-state index in [-0.39, 0.29) is 22.9 Å². The van der Waals surface area contributed by atoms with Gasteiger partial charge in [-0.3, -0.25) is 9.20 Å². The molecule has 10 nitrogen and oxygen atoms in total. The van der Waals surface area contributed by atoms with Crippen molar-refractivity contribution in [2.45, 2.75) is 26.8 Å². The van der Waals surface area contributed by atoms with Gasteiger partial charge in [0.25, 0.3) is 5.56 Å². The Kier molecular flexibility index (Phi) is 7.31. The zero-order chi connectivity index (χ0) is 31.1. The summed E-state index contributed by atoms with van der Waals surface area (Å²) in [6.07, 6.45) is 1.78. The van der Waals surface area contributed by atoms with E-state index in [1.807, 2.05) is 32.0 Å². The number of carbonyl (C=O) groups is 1. The van der Waals surface area contributed by atoms with Crippen LogP contribution in [0.5, 0.6) is 5.75 Å². The van der Waals surface area contributed by atoms with Crippen molar-refractivity contribution in [3.05, 3.63) is 105 Å². The molecule has 0 amide bonds. The van der Waals surface area contributed by atoms with Gasteiger partial charge in [0.15, 0.2) is 0 Å². The van der Waals surface area contributed by atoms with Gasteiger partial charge < -0.3 is 25.3 Å². The van der Waals surface area contributed by atoms with E-state index in [4.69, 9.17) is 4.98 Å². The van der Waals surface area contributed by atoms with Crippen molar-refractivity contribution in [1.82, 2.24) is 9.38 Å². The molecule has 2 aromatic heterocycles. The minimum Gasteiger partial charge on any atom is -0.508 e. The molecule has 0 aliphatic carbocycles. The Labute approximate surface area is 254 Å². The first-order valence-corrected chi connectivity index (χ1v) is 14.4. The van der Waals surface area contributed by atoms with E-state index >= 15 is 0 Å². The Morgan fingerprint density at radius 3 is 2.45 bits per heavy atom. The summed E-state index contributed by atoms with van der Waals surface area (Å²) in [5, 5.41) is 34.3. The molecular formula is C34H32N6O4. The molecule has 3 N–H and O–H groups in total. The minimum absolute atomic E-state index is 0.144. The van der Waals surface area contributed by atoms with Crippen LogP contribution < -0.4 is 20.7 Å². The first-order valence-electron chi connectivity index (χ1n) is 14.4. The molecule has 3 aromatic carbocycles. The highest BCUT2D eigenvalue weighted by Crippen LogP contribution is 2.33. The molecule has 1 aliphatic rings. The van der Waals surface area contributed by atoms with Gasteiger partial charge in [-0.1, -0.05) is 12.1 Å². The third-order valence-corrected chi connectivity index (χ3v) is 8.30. The van der Waals surface area contributed by atoms with E-state index in [0.29, 0.717) is 54.5 Å². The molecule has 1 fully saturated rings. The fraction of sp³-hybridized carbons (Fsp3) is 0.235. The van der Waals surface area contributed by atoms with Crippen LogP contribution in [0.2, 0.25) is 0 Å². The van der Waals surface area contributed by atoms with Crippen molar-refractivity contribution in [1.29, 1.82) is 5.26 Å². The lowest BCUT2D eigenvalue weighted by molar-refractivity contribution is 0.0698. The minimum atomic E-state index is -1.02. The van der Waals surface area contributed by atoms with Crippen molar-refractivity contribution in [3.63, 3.8) is 0 Å². The van der Waals surface area contributed by atoms with Crippen LogP contribution in [0.4, 0.5) is 17.2 Å². The number of carboxylic acids is 1. The molecule has 0 bridgehead atoms. The highest BCUT2D eigenvalue weighted by atomic mass is 16.4. The Morgan fingerprint density at radius 2 is 1.73 bits per heavy atom. The first-order chi connectivity index (χ1) is 21.2. The molecule has 1 aliphatic heterocycles. The van der Waals surface area contributed by atoms with Crippen molar-refractivity contribution < 1.29 is 15.0 Å². The SMILES string of the molecule is Cc1cc([C@@H](C)Nc2ccccc2C(=O)O)c2nc(N3CCN(c4ccc(C#N)c5ccc(O)cc45)CC3)c(C)c(=O)n2c1. The topological polar surface area (TPSA) is 134 Å². The number of rotatable bonds is 6. The summed E-state index contributed by atoms with van der Waals surface area (Å²) in [5.41, 5.74) is 4.75. The number of hydrogen-bond acceptors (Lipinski definition) is 8. The van der Waals surface area contributed by atoms with Gasteiger partial charge in [0.2, 0.25) is 0 Å². The number of phenolic OH excluding ortho intramolecular Hbond substituents is 1. The third kappa shape index (κ3) is 5.02. The molecule has 5 aromatic rings. The van der Waals surface area contributed by atoms with Gasteiger partial charge in [-0.15, -0.1) is 0 Å². The molecule has 0 saturated carbocycles. The van der Waals surface area contributed by atoms with Gasteiger partial charge in [0.1, 0.15) is 17.2 Å². The smallest absolute Gasteiger partial charge is 0.337 e. The molecule has 0 spiro atoms. The standard InChI is InChI=1S/C34H32N6O4/c1-20-16-27(22(3)36-29-7-5-4-6-26(29)34(43)44)32-37-31(21(2)33(42)40(32)19-20)39-14-12-38(13-15-39)30-11-8-23(18-35)25-10-9-24(41)17-28(25)30/h4-11,16-17,19,22,36,41H,12-15H2,1-3H3,(H,43,44)/t22-/m1/s1. The van der Waals surface area contributed by atoms with Gasteiger partial charge in [-0.2, -0.15) is 5.26 Å². The lowest BCUT2D eigenvalue weighted by Crippen LogP contribution is -2.47. The van der Waals surface area contributed by atoms with Crippen LogP contribution in [0.15, 0.2) is 71.7 Å². The quantitative estimate of drug-likeness (QED) is 0.243. The van der Waals surface area contributed by atoms with E-state index < -0.39 is 5.97 Å². The predicted molar refractivity (Wildman–Crippen MR) is 171 cm³/mol. The van der Waals surface area contributed by atoms with Gasteiger partial charge in [-0.25, -0.2) is 9.78 Å². The number of fused-ring (bicyclic) bond motifs is 2. The number of piperazine rings is 1. The number of nitrogens with one attached hydrogen (secondary N) is 1. The number of benzene rings is 3. The van der Waals surface area contributed by atoms with E-state index in [1.54, 1.807) is 60.0 Å². The maximum atomic E-state index is 13.7.